The van der Waals surface area contributed by atoms with Crippen molar-refractivity contribution in [3.63, 3.8) is 0 Å². The third kappa shape index (κ3) is 3.81. The van der Waals surface area contributed by atoms with Gasteiger partial charge in [0.2, 0.25) is 0 Å². The van der Waals surface area contributed by atoms with E-state index < -0.39 is 0 Å². The Morgan fingerprint density at radius 3 is 2.46 bits per heavy atom. The van der Waals surface area contributed by atoms with Gasteiger partial charge in [0, 0.05) is 23.4 Å². The van der Waals surface area contributed by atoms with Gasteiger partial charge in [-0.25, -0.2) is 0 Å². The molecule has 3 aromatic rings. The Kier molecular flexibility index (Phi) is 5.14. The molecular formula is C21H20N4O. The van der Waals surface area contributed by atoms with E-state index in [0.717, 1.165) is 22.5 Å². The molecule has 1 amide bonds. The monoisotopic (exact) mass is 344 g/mol. The molecule has 0 spiro atoms. The van der Waals surface area contributed by atoms with Crippen LogP contribution in [-0.4, -0.2) is 22.2 Å². The number of carbonyl (C=O) groups is 1. The largest absolute Gasteiger partial charge is 0.352 e. The molecule has 0 fully saturated rings. The highest BCUT2D eigenvalue weighted by atomic mass is 16.1. The molecule has 0 aliphatic rings. The first-order chi connectivity index (χ1) is 12.6. The van der Waals surface area contributed by atoms with Gasteiger partial charge in [0.1, 0.15) is 0 Å². The number of carbonyl (C=O) groups excluding carboxylic acids is 1. The number of hydrogen-bond donors (Lipinski definition) is 1. The zero-order valence-electron chi connectivity index (χ0n) is 14.9. The maximum Gasteiger partial charge on any atom is 0.251 e. The van der Waals surface area contributed by atoms with Crippen molar-refractivity contribution >= 4 is 5.91 Å². The summed E-state index contributed by atoms with van der Waals surface area (Å²) in [6.45, 7) is 5.17. The molecule has 0 unspecified atom stereocenters. The van der Waals surface area contributed by atoms with Gasteiger partial charge in [0.25, 0.3) is 5.91 Å². The summed E-state index contributed by atoms with van der Waals surface area (Å²) in [5.41, 5.74) is 5.29. The molecule has 1 heterocycles. The van der Waals surface area contributed by atoms with Crippen molar-refractivity contribution in [3.8, 4) is 17.3 Å². The van der Waals surface area contributed by atoms with Crippen LogP contribution < -0.4 is 5.32 Å². The summed E-state index contributed by atoms with van der Waals surface area (Å²) in [6.07, 6.45) is 0. The van der Waals surface area contributed by atoms with E-state index in [4.69, 9.17) is 5.26 Å². The van der Waals surface area contributed by atoms with E-state index in [1.165, 1.54) is 0 Å². The number of amides is 1. The number of nitrogens with zero attached hydrogens (tertiary/aromatic N) is 3. The first-order valence-electron chi connectivity index (χ1n) is 8.53. The average molecular weight is 344 g/mol. The van der Waals surface area contributed by atoms with Crippen LogP contribution in [0.2, 0.25) is 0 Å². The molecule has 1 N–H and O–H groups in total. The zero-order chi connectivity index (χ0) is 18.5. The van der Waals surface area contributed by atoms with Crippen molar-refractivity contribution in [2.75, 3.05) is 6.54 Å². The predicted octanol–water partition coefficient (Wildman–Crippen LogP) is 3.53. The van der Waals surface area contributed by atoms with Gasteiger partial charge in [0.05, 0.1) is 23.9 Å². The van der Waals surface area contributed by atoms with Crippen LogP contribution in [0.4, 0.5) is 0 Å². The number of hydrogen-bond acceptors (Lipinski definition) is 3. The molecule has 0 aliphatic heterocycles. The van der Waals surface area contributed by atoms with Crippen LogP contribution in [0.25, 0.3) is 11.3 Å². The molecule has 0 radical (unpaired) electrons. The van der Waals surface area contributed by atoms with Crippen molar-refractivity contribution in [1.29, 1.82) is 5.26 Å². The Bertz CT molecular complexity index is 947. The second kappa shape index (κ2) is 7.66. The Hall–Kier alpha value is -3.39. The summed E-state index contributed by atoms with van der Waals surface area (Å²) >= 11 is 0. The lowest BCUT2D eigenvalue weighted by Crippen LogP contribution is -2.22. The number of aryl methyl sites for hydroxylation is 1. The van der Waals surface area contributed by atoms with Crippen LogP contribution in [0, 0.1) is 18.3 Å². The van der Waals surface area contributed by atoms with Crippen molar-refractivity contribution in [3.05, 3.63) is 77.0 Å². The minimum atomic E-state index is -0.0579. The molecule has 26 heavy (non-hydrogen) atoms. The van der Waals surface area contributed by atoms with E-state index in [-0.39, 0.29) is 5.91 Å². The fraction of sp³-hybridized carbons (Fsp3) is 0.190. The molecule has 0 saturated heterocycles. The van der Waals surface area contributed by atoms with Crippen molar-refractivity contribution in [1.82, 2.24) is 15.1 Å². The minimum Gasteiger partial charge on any atom is -0.352 e. The first-order valence-corrected chi connectivity index (χ1v) is 8.53. The van der Waals surface area contributed by atoms with E-state index in [2.05, 4.69) is 16.5 Å². The number of aromatic nitrogens is 2. The summed E-state index contributed by atoms with van der Waals surface area (Å²) in [6, 6.07) is 19.1. The van der Waals surface area contributed by atoms with Gasteiger partial charge in [-0.3, -0.25) is 9.48 Å². The normalized spacial score (nSPS) is 10.3. The SMILES string of the molecule is CCNC(=O)c1ccc(Cn2nc(-c3ccc(C#N)cc3)cc2C)cc1. The topological polar surface area (TPSA) is 70.7 Å². The van der Waals surface area contributed by atoms with Gasteiger partial charge in [-0.1, -0.05) is 24.3 Å². The molecule has 3 rings (SSSR count). The van der Waals surface area contributed by atoms with Crippen LogP contribution in [0.3, 0.4) is 0 Å². The maximum absolute atomic E-state index is 11.8. The van der Waals surface area contributed by atoms with E-state index >= 15 is 0 Å². The lowest BCUT2D eigenvalue weighted by atomic mass is 10.1. The summed E-state index contributed by atoms with van der Waals surface area (Å²) in [7, 11) is 0. The highest BCUT2D eigenvalue weighted by Gasteiger charge is 2.08. The third-order valence-corrected chi connectivity index (χ3v) is 4.18. The Morgan fingerprint density at radius 1 is 1.15 bits per heavy atom. The molecule has 5 heteroatoms. The number of benzene rings is 2. The van der Waals surface area contributed by atoms with Crippen molar-refractivity contribution < 1.29 is 4.79 Å². The molecule has 130 valence electrons. The van der Waals surface area contributed by atoms with Crippen LogP contribution in [0.15, 0.2) is 54.6 Å². The van der Waals surface area contributed by atoms with E-state index in [0.29, 0.717) is 24.2 Å². The van der Waals surface area contributed by atoms with Crippen LogP contribution >= 0.6 is 0 Å². The zero-order valence-corrected chi connectivity index (χ0v) is 14.9. The molecular weight excluding hydrogens is 324 g/mol. The maximum atomic E-state index is 11.8. The van der Waals surface area contributed by atoms with Gasteiger partial charge in [-0.15, -0.1) is 0 Å². The van der Waals surface area contributed by atoms with Gasteiger partial charge in [-0.05, 0) is 49.7 Å². The molecule has 5 nitrogen and oxygen atoms in total. The highest BCUT2D eigenvalue weighted by molar-refractivity contribution is 5.94. The quantitative estimate of drug-likeness (QED) is 0.770. The van der Waals surface area contributed by atoms with Crippen LogP contribution in [0.5, 0.6) is 0 Å². The molecule has 0 atom stereocenters. The number of rotatable bonds is 5. The smallest absolute Gasteiger partial charge is 0.251 e. The van der Waals surface area contributed by atoms with Crippen LogP contribution in [0.1, 0.15) is 34.1 Å². The fourth-order valence-corrected chi connectivity index (χ4v) is 2.72. The molecule has 0 saturated carbocycles. The molecule has 2 aromatic carbocycles. The van der Waals surface area contributed by atoms with Crippen molar-refractivity contribution in [2.45, 2.75) is 20.4 Å². The van der Waals surface area contributed by atoms with E-state index in [1.807, 2.05) is 61.0 Å². The lowest BCUT2D eigenvalue weighted by molar-refractivity contribution is 0.0956. The summed E-state index contributed by atoms with van der Waals surface area (Å²) < 4.78 is 1.94. The van der Waals surface area contributed by atoms with E-state index in [9.17, 15) is 4.79 Å². The van der Waals surface area contributed by atoms with Crippen LogP contribution in [-0.2, 0) is 6.54 Å². The third-order valence-electron chi connectivity index (χ3n) is 4.18. The summed E-state index contributed by atoms with van der Waals surface area (Å²) in [5.74, 6) is -0.0579. The first kappa shape index (κ1) is 17.4. The lowest BCUT2D eigenvalue weighted by Gasteiger charge is -2.06. The van der Waals surface area contributed by atoms with Gasteiger partial charge >= 0.3 is 0 Å². The van der Waals surface area contributed by atoms with Gasteiger partial charge in [0.15, 0.2) is 0 Å². The summed E-state index contributed by atoms with van der Waals surface area (Å²) in [5, 5.41) is 16.4. The van der Waals surface area contributed by atoms with Gasteiger partial charge in [-0.2, -0.15) is 10.4 Å². The number of nitriles is 1. The summed E-state index contributed by atoms with van der Waals surface area (Å²) in [4.78, 5) is 11.8. The molecule has 1 aromatic heterocycles. The van der Waals surface area contributed by atoms with Gasteiger partial charge < -0.3 is 5.32 Å². The Balaban J connectivity index is 1.77. The average Bonchev–Trinajstić information content (AvgIpc) is 3.03. The predicted molar refractivity (Wildman–Crippen MR) is 101 cm³/mol. The molecule has 0 aliphatic carbocycles. The fourth-order valence-electron chi connectivity index (χ4n) is 2.72. The standard InChI is InChI=1S/C21H20N4O/c1-3-23-21(26)19-10-6-17(7-11-19)14-25-15(2)12-20(24-25)18-8-4-16(13-22)5-9-18/h4-12H,3,14H2,1-2H3,(H,23,26). The second-order valence-electron chi connectivity index (χ2n) is 6.07. The van der Waals surface area contributed by atoms with Crippen molar-refractivity contribution in [2.24, 2.45) is 0 Å². The minimum absolute atomic E-state index is 0.0579. The highest BCUT2D eigenvalue weighted by Crippen LogP contribution is 2.20. The Morgan fingerprint density at radius 2 is 1.85 bits per heavy atom. The second-order valence-corrected chi connectivity index (χ2v) is 6.07. The molecule has 0 bridgehead atoms. The Labute approximate surface area is 152 Å². The number of nitrogens with one attached hydrogen (secondary N) is 1. The van der Waals surface area contributed by atoms with E-state index in [1.54, 1.807) is 12.1 Å².